The van der Waals surface area contributed by atoms with Crippen LogP contribution in [0.5, 0.6) is 0 Å². The lowest BCUT2D eigenvalue weighted by atomic mass is 9.91. The molecular formula is C52H35NS. The fourth-order valence-corrected chi connectivity index (χ4v) is 9.04. The largest absolute Gasteiger partial charge is 0.310 e. The molecule has 0 N–H and O–H groups in total. The quantitative estimate of drug-likeness (QED) is 0.160. The molecule has 0 radical (unpaired) electrons. The number of hydrogen-bond acceptors (Lipinski definition) is 2. The van der Waals surface area contributed by atoms with Gasteiger partial charge in [0, 0.05) is 37.1 Å². The van der Waals surface area contributed by atoms with Crippen molar-refractivity contribution in [2.45, 2.75) is 0 Å². The van der Waals surface area contributed by atoms with E-state index in [1.807, 2.05) is 11.3 Å². The maximum Gasteiger partial charge on any atom is 0.0546 e. The predicted molar refractivity (Wildman–Crippen MR) is 233 cm³/mol. The highest BCUT2D eigenvalue weighted by atomic mass is 32.1. The van der Waals surface area contributed by atoms with Gasteiger partial charge in [0.2, 0.25) is 0 Å². The van der Waals surface area contributed by atoms with Crippen LogP contribution in [-0.4, -0.2) is 0 Å². The van der Waals surface area contributed by atoms with E-state index >= 15 is 0 Å². The Morgan fingerprint density at radius 2 is 0.833 bits per heavy atom. The highest BCUT2D eigenvalue weighted by molar-refractivity contribution is 7.25. The monoisotopic (exact) mass is 705 g/mol. The van der Waals surface area contributed by atoms with Crippen molar-refractivity contribution in [3.63, 3.8) is 0 Å². The van der Waals surface area contributed by atoms with Crippen LogP contribution in [0.3, 0.4) is 0 Å². The Kier molecular flexibility index (Phi) is 8.09. The summed E-state index contributed by atoms with van der Waals surface area (Å²) in [5, 5.41) is 5.08. The smallest absolute Gasteiger partial charge is 0.0546 e. The van der Waals surface area contributed by atoms with Gasteiger partial charge in [0.25, 0.3) is 0 Å². The maximum atomic E-state index is 2.45. The van der Waals surface area contributed by atoms with Crippen molar-refractivity contribution in [1.29, 1.82) is 0 Å². The molecule has 1 heterocycles. The average Bonchev–Trinajstić information content (AvgIpc) is 3.62. The van der Waals surface area contributed by atoms with Gasteiger partial charge in [-0.1, -0.05) is 164 Å². The van der Waals surface area contributed by atoms with Gasteiger partial charge in [0.1, 0.15) is 0 Å². The van der Waals surface area contributed by atoms with Gasteiger partial charge < -0.3 is 4.90 Å². The number of nitrogens with zero attached hydrogens (tertiary/aromatic N) is 1. The van der Waals surface area contributed by atoms with Crippen molar-refractivity contribution in [2.75, 3.05) is 4.90 Å². The summed E-state index contributed by atoms with van der Waals surface area (Å²) in [6.07, 6.45) is 0. The Bertz CT molecular complexity index is 2910. The van der Waals surface area contributed by atoms with E-state index in [0.29, 0.717) is 0 Å². The molecule has 54 heavy (non-hydrogen) atoms. The first-order valence-electron chi connectivity index (χ1n) is 18.4. The van der Waals surface area contributed by atoms with Gasteiger partial charge in [-0.15, -0.1) is 11.3 Å². The molecule has 0 fully saturated rings. The van der Waals surface area contributed by atoms with Crippen LogP contribution in [0.1, 0.15) is 0 Å². The average molecular weight is 706 g/mol. The molecular weight excluding hydrogens is 671 g/mol. The van der Waals surface area contributed by atoms with Crippen LogP contribution in [0.25, 0.3) is 75.5 Å². The number of anilines is 3. The van der Waals surface area contributed by atoms with Crippen LogP contribution in [0.2, 0.25) is 0 Å². The van der Waals surface area contributed by atoms with Crippen LogP contribution in [0.4, 0.5) is 17.1 Å². The Hall–Kier alpha value is -6.74. The van der Waals surface area contributed by atoms with Gasteiger partial charge in [0.05, 0.1) is 5.69 Å². The molecule has 0 saturated heterocycles. The van der Waals surface area contributed by atoms with E-state index in [2.05, 4.69) is 217 Å². The van der Waals surface area contributed by atoms with Crippen LogP contribution < -0.4 is 4.90 Å². The zero-order valence-corrected chi connectivity index (χ0v) is 30.4. The molecule has 10 rings (SSSR count). The van der Waals surface area contributed by atoms with Crippen molar-refractivity contribution in [2.24, 2.45) is 0 Å². The SMILES string of the molecule is c1ccc(-c2cc3ccccc3cc2-c2ccc(N(c3ccc4c(c3)sc3ccccc34)c3cccc(-c4ccccc4)c3-c3ccccc3)cc2)cc1. The predicted octanol–water partition coefficient (Wildman–Crippen LogP) is 15.3. The van der Waals surface area contributed by atoms with Gasteiger partial charge in [-0.05, 0) is 98.2 Å². The van der Waals surface area contributed by atoms with E-state index in [-0.39, 0.29) is 0 Å². The summed E-state index contributed by atoms with van der Waals surface area (Å²) < 4.78 is 2.58. The standard InChI is InChI=1S/C52H35NS/c1-4-15-36(16-5-1)44-24-14-25-49(52(44)39-19-8-3-9-20-39)53(43-31-32-46-45-23-12-13-26-50(45)54-51(46)35-43)42-29-27-38(28-30-42)48-34-41-22-11-10-21-40(41)33-47(48)37-17-6-2-7-18-37/h1-35H. The van der Waals surface area contributed by atoms with Crippen molar-refractivity contribution < 1.29 is 0 Å². The number of thiophene rings is 1. The first-order chi connectivity index (χ1) is 26.8. The molecule has 1 nitrogen and oxygen atoms in total. The van der Waals surface area contributed by atoms with Crippen LogP contribution in [-0.2, 0) is 0 Å². The summed E-state index contributed by atoms with van der Waals surface area (Å²) in [6.45, 7) is 0. The molecule has 0 saturated carbocycles. The molecule has 0 aliphatic carbocycles. The first kappa shape index (κ1) is 32.0. The van der Waals surface area contributed by atoms with E-state index < -0.39 is 0 Å². The summed E-state index contributed by atoms with van der Waals surface area (Å²) in [5.74, 6) is 0. The second-order valence-corrected chi connectivity index (χ2v) is 14.8. The van der Waals surface area contributed by atoms with Gasteiger partial charge in [-0.25, -0.2) is 0 Å². The van der Waals surface area contributed by atoms with Crippen LogP contribution >= 0.6 is 11.3 Å². The topological polar surface area (TPSA) is 3.24 Å². The summed E-state index contributed by atoms with van der Waals surface area (Å²) in [5.41, 5.74) is 13.0. The fraction of sp³-hybridized carbons (Fsp3) is 0. The van der Waals surface area contributed by atoms with Crippen LogP contribution in [0, 0.1) is 0 Å². The Labute approximate surface area is 319 Å². The molecule has 0 unspecified atom stereocenters. The van der Waals surface area contributed by atoms with Crippen LogP contribution in [0.15, 0.2) is 212 Å². The van der Waals surface area contributed by atoms with Gasteiger partial charge >= 0.3 is 0 Å². The lowest BCUT2D eigenvalue weighted by Crippen LogP contribution is -2.11. The van der Waals surface area contributed by atoms with Crippen molar-refractivity contribution >= 4 is 59.3 Å². The molecule has 0 aliphatic rings. The Balaban J connectivity index is 1.19. The van der Waals surface area contributed by atoms with Gasteiger partial charge in [-0.2, -0.15) is 0 Å². The van der Waals surface area contributed by atoms with E-state index in [0.717, 1.165) is 17.1 Å². The Morgan fingerprint density at radius 3 is 1.50 bits per heavy atom. The molecule has 2 heteroatoms. The molecule has 0 amide bonds. The molecule has 10 aromatic rings. The van der Waals surface area contributed by atoms with E-state index in [4.69, 9.17) is 0 Å². The zero-order chi connectivity index (χ0) is 35.8. The lowest BCUT2D eigenvalue weighted by Gasteiger charge is -2.29. The molecule has 0 aliphatic heterocycles. The second kappa shape index (κ2) is 13.7. The highest BCUT2D eigenvalue weighted by Crippen LogP contribution is 2.47. The third-order valence-corrected chi connectivity index (χ3v) is 11.6. The number of fused-ring (bicyclic) bond motifs is 4. The zero-order valence-electron chi connectivity index (χ0n) is 29.6. The number of rotatable bonds is 7. The molecule has 0 atom stereocenters. The minimum atomic E-state index is 1.10. The summed E-state index contributed by atoms with van der Waals surface area (Å²) >= 11 is 1.86. The minimum absolute atomic E-state index is 1.10. The van der Waals surface area contributed by atoms with E-state index in [1.54, 1.807) is 0 Å². The maximum absolute atomic E-state index is 2.45. The molecule has 9 aromatic carbocycles. The van der Waals surface area contributed by atoms with Gasteiger partial charge in [0.15, 0.2) is 0 Å². The Morgan fingerprint density at radius 1 is 0.315 bits per heavy atom. The summed E-state index contributed by atoms with van der Waals surface area (Å²) in [4.78, 5) is 2.45. The van der Waals surface area contributed by atoms with Crippen molar-refractivity contribution in [3.8, 4) is 44.5 Å². The molecule has 0 spiro atoms. The highest BCUT2D eigenvalue weighted by Gasteiger charge is 2.22. The summed E-state index contributed by atoms with van der Waals surface area (Å²) in [6, 6.07) is 77.2. The number of hydrogen-bond donors (Lipinski definition) is 0. The molecule has 0 bridgehead atoms. The first-order valence-corrected chi connectivity index (χ1v) is 19.2. The van der Waals surface area contributed by atoms with Gasteiger partial charge in [-0.3, -0.25) is 0 Å². The lowest BCUT2D eigenvalue weighted by molar-refractivity contribution is 1.29. The van der Waals surface area contributed by atoms with E-state index in [9.17, 15) is 0 Å². The third kappa shape index (κ3) is 5.74. The summed E-state index contributed by atoms with van der Waals surface area (Å²) in [7, 11) is 0. The third-order valence-electron chi connectivity index (χ3n) is 10.5. The normalized spacial score (nSPS) is 11.3. The van der Waals surface area contributed by atoms with Crippen molar-refractivity contribution in [3.05, 3.63) is 212 Å². The number of benzene rings is 9. The van der Waals surface area contributed by atoms with E-state index in [1.165, 1.54) is 75.5 Å². The molecule has 1 aromatic heterocycles. The molecule has 254 valence electrons. The minimum Gasteiger partial charge on any atom is -0.310 e. The van der Waals surface area contributed by atoms with Crippen molar-refractivity contribution in [1.82, 2.24) is 0 Å². The second-order valence-electron chi connectivity index (χ2n) is 13.7. The fourth-order valence-electron chi connectivity index (χ4n) is 7.90.